The predicted molar refractivity (Wildman–Crippen MR) is 119 cm³/mol. The van der Waals surface area contributed by atoms with Crippen LogP contribution in [0.1, 0.15) is 18.1 Å². The third-order valence-electron chi connectivity index (χ3n) is 4.51. The molecule has 0 spiro atoms. The maximum atomic E-state index is 12.4. The van der Waals surface area contributed by atoms with Crippen LogP contribution in [0.3, 0.4) is 0 Å². The summed E-state index contributed by atoms with van der Waals surface area (Å²) in [5, 5.41) is 12.7. The number of aromatic hydroxyl groups is 1. The van der Waals surface area contributed by atoms with Gasteiger partial charge in [0.1, 0.15) is 11.8 Å². The van der Waals surface area contributed by atoms with E-state index >= 15 is 0 Å². The SMILES string of the molecule is CCOC(=O)C(Cc1ccc(O)cc1)NCc1ccc(N(CCCl)CCCl)cc1. The van der Waals surface area contributed by atoms with E-state index in [1.165, 1.54) is 0 Å². The quantitative estimate of drug-likeness (QED) is 0.388. The van der Waals surface area contributed by atoms with Gasteiger partial charge in [-0.25, -0.2) is 0 Å². The fourth-order valence-electron chi connectivity index (χ4n) is 2.99. The van der Waals surface area contributed by atoms with Gasteiger partial charge in [0, 0.05) is 37.1 Å². The molecule has 29 heavy (non-hydrogen) atoms. The molecule has 158 valence electrons. The fraction of sp³-hybridized carbons (Fsp3) is 0.409. The molecule has 0 radical (unpaired) electrons. The first kappa shape index (κ1) is 23.3. The van der Waals surface area contributed by atoms with E-state index in [0.29, 0.717) is 31.3 Å². The molecule has 7 heteroatoms. The van der Waals surface area contributed by atoms with Crippen molar-refractivity contribution in [1.82, 2.24) is 5.32 Å². The van der Waals surface area contributed by atoms with Crippen molar-refractivity contribution in [1.29, 1.82) is 0 Å². The van der Waals surface area contributed by atoms with Crippen LogP contribution in [0, 0.1) is 0 Å². The molecule has 0 heterocycles. The summed E-state index contributed by atoms with van der Waals surface area (Å²) in [7, 11) is 0. The molecule has 1 atom stereocenters. The molecule has 5 nitrogen and oxygen atoms in total. The second-order valence-corrected chi connectivity index (χ2v) is 7.34. The number of benzene rings is 2. The number of ether oxygens (including phenoxy) is 1. The summed E-state index contributed by atoms with van der Waals surface area (Å²) in [5.41, 5.74) is 3.08. The number of nitrogens with zero attached hydrogens (tertiary/aromatic N) is 1. The lowest BCUT2D eigenvalue weighted by Gasteiger charge is -2.23. The van der Waals surface area contributed by atoms with Crippen LogP contribution in [0.25, 0.3) is 0 Å². The molecule has 0 saturated carbocycles. The number of halogens is 2. The first-order valence-corrected chi connectivity index (χ1v) is 10.8. The number of phenols is 1. The number of hydrogen-bond donors (Lipinski definition) is 2. The summed E-state index contributed by atoms with van der Waals surface area (Å²) in [6.07, 6.45) is 0.483. The molecule has 1 unspecified atom stereocenters. The lowest BCUT2D eigenvalue weighted by molar-refractivity contribution is -0.145. The van der Waals surface area contributed by atoms with Gasteiger partial charge in [-0.2, -0.15) is 0 Å². The second kappa shape index (κ2) is 12.6. The van der Waals surface area contributed by atoms with Crippen molar-refractivity contribution in [2.45, 2.75) is 25.9 Å². The van der Waals surface area contributed by atoms with Crippen molar-refractivity contribution >= 4 is 34.9 Å². The Balaban J connectivity index is 2.01. The number of carbonyl (C=O) groups is 1. The Morgan fingerprint density at radius 3 is 2.17 bits per heavy atom. The number of esters is 1. The first-order valence-electron chi connectivity index (χ1n) is 9.71. The van der Waals surface area contributed by atoms with Gasteiger partial charge in [0.15, 0.2) is 0 Å². The summed E-state index contributed by atoms with van der Waals surface area (Å²) in [6.45, 7) is 4.14. The lowest BCUT2D eigenvalue weighted by atomic mass is 10.1. The molecule has 0 fully saturated rings. The Morgan fingerprint density at radius 2 is 1.62 bits per heavy atom. The van der Waals surface area contributed by atoms with Gasteiger partial charge in [-0.1, -0.05) is 24.3 Å². The van der Waals surface area contributed by atoms with Gasteiger partial charge in [0.25, 0.3) is 0 Å². The number of anilines is 1. The van der Waals surface area contributed by atoms with Gasteiger partial charge in [-0.05, 0) is 48.7 Å². The highest BCUT2D eigenvalue weighted by atomic mass is 35.5. The summed E-state index contributed by atoms with van der Waals surface area (Å²) in [6, 6.07) is 14.5. The Kier molecular flexibility index (Phi) is 10.1. The fourth-order valence-corrected chi connectivity index (χ4v) is 3.40. The zero-order chi connectivity index (χ0) is 21.1. The molecule has 0 aliphatic heterocycles. The standard InChI is InChI=1S/C22H28Cl2N2O3/c1-2-29-22(28)21(15-17-5-9-20(27)10-6-17)25-16-18-3-7-19(8-4-18)26(13-11-23)14-12-24/h3-10,21,25,27H,2,11-16H2,1H3. The van der Waals surface area contributed by atoms with Crippen LogP contribution >= 0.6 is 23.2 Å². The van der Waals surface area contributed by atoms with Crippen LogP contribution < -0.4 is 10.2 Å². The van der Waals surface area contributed by atoms with Crippen molar-refractivity contribution in [2.75, 3.05) is 36.4 Å². The highest BCUT2D eigenvalue weighted by Crippen LogP contribution is 2.16. The molecule has 0 aliphatic rings. The highest BCUT2D eigenvalue weighted by molar-refractivity contribution is 6.18. The van der Waals surface area contributed by atoms with Crippen LogP contribution in [0.2, 0.25) is 0 Å². The normalized spacial score (nSPS) is 11.8. The van der Waals surface area contributed by atoms with E-state index in [1.54, 1.807) is 31.2 Å². The van der Waals surface area contributed by atoms with Crippen molar-refractivity contribution in [3.63, 3.8) is 0 Å². The van der Waals surface area contributed by atoms with E-state index in [-0.39, 0.29) is 11.7 Å². The molecular weight excluding hydrogens is 411 g/mol. The van der Waals surface area contributed by atoms with E-state index < -0.39 is 6.04 Å². The monoisotopic (exact) mass is 438 g/mol. The summed E-state index contributed by atoms with van der Waals surface area (Å²) in [5.74, 6) is 0.997. The van der Waals surface area contributed by atoms with E-state index in [4.69, 9.17) is 27.9 Å². The van der Waals surface area contributed by atoms with Crippen molar-refractivity contribution in [2.24, 2.45) is 0 Å². The van der Waals surface area contributed by atoms with E-state index in [0.717, 1.165) is 29.9 Å². The van der Waals surface area contributed by atoms with Crippen LogP contribution in [-0.4, -0.2) is 48.6 Å². The molecule has 2 aromatic rings. The number of hydrogen-bond acceptors (Lipinski definition) is 5. The van der Waals surface area contributed by atoms with Crippen molar-refractivity contribution in [3.05, 3.63) is 59.7 Å². The highest BCUT2D eigenvalue weighted by Gasteiger charge is 2.20. The molecule has 0 aromatic heterocycles. The molecule has 2 rings (SSSR count). The molecule has 0 amide bonds. The molecule has 2 aromatic carbocycles. The maximum absolute atomic E-state index is 12.4. The molecule has 0 saturated heterocycles. The molecule has 0 bridgehead atoms. The summed E-state index contributed by atoms with van der Waals surface area (Å²) >= 11 is 11.8. The minimum Gasteiger partial charge on any atom is -0.508 e. The molecular formula is C22H28Cl2N2O3. The van der Waals surface area contributed by atoms with Gasteiger partial charge in [-0.3, -0.25) is 4.79 Å². The maximum Gasteiger partial charge on any atom is 0.323 e. The minimum absolute atomic E-state index is 0.201. The topological polar surface area (TPSA) is 61.8 Å². The van der Waals surface area contributed by atoms with Gasteiger partial charge in [0.2, 0.25) is 0 Å². The molecule has 0 aliphatic carbocycles. The zero-order valence-electron chi connectivity index (χ0n) is 16.6. The average molecular weight is 439 g/mol. The molecule has 2 N–H and O–H groups in total. The smallest absolute Gasteiger partial charge is 0.323 e. The largest absolute Gasteiger partial charge is 0.508 e. The Labute approximate surface area is 182 Å². The third-order valence-corrected chi connectivity index (χ3v) is 4.85. The van der Waals surface area contributed by atoms with E-state index in [2.05, 4.69) is 10.2 Å². The van der Waals surface area contributed by atoms with Crippen LogP contribution in [0.5, 0.6) is 5.75 Å². The summed E-state index contributed by atoms with van der Waals surface area (Å²) in [4.78, 5) is 14.5. The van der Waals surface area contributed by atoms with Crippen LogP contribution in [0.4, 0.5) is 5.69 Å². The number of nitrogens with one attached hydrogen (secondary N) is 1. The van der Waals surface area contributed by atoms with Gasteiger partial charge >= 0.3 is 5.97 Å². The second-order valence-electron chi connectivity index (χ2n) is 6.59. The van der Waals surface area contributed by atoms with Crippen molar-refractivity contribution < 1.29 is 14.6 Å². The van der Waals surface area contributed by atoms with E-state index in [1.807, 2.05) is 24.3 Å². The third kappa shape index (κ3) is 7.77. The van der Waals surface area contributed by atoms with Crippen LogP contribution in [-0.2, 0) is 22.5 Å². The Morgan fingerprint density at radius 1 is 1.03 bits per heavy atom. The number of phenolic OH excluding ortho intramolecular Hbond substituents is 1. The van der Waals surface area contributed by atoms with Gasteiger partial charge < -0.3 is 20.1 Å². The predicted octanol–water partition coefficient (Wildman–Crippen LogP) is 3.94. The Bertz CT molecular complexity index is 733. The number of carbonyl (C=O) groups excluding carboxylic acids is 1. The average Bonchev–Trinajstić information content (AvgIpc) is 2.73. The Hall–Kier alpha value is -1.95. The first-order chi connectivity index (χ1) is 14.1. The van der Waals surface area contributed by atoms with Crippen LogP contribution in [0.15, 0.2) is 48.5 Å². The summed E-state index contributed by atoms with van der Waals surface area (Å²) < 4.78 is 5.21. The zero-order valence-corrected chi connectivity index (χ0v) is 18.1. The van der Waals surface area contributed by atoms with Gasteiger partial charge in [0.05, 0.1) is 6.61 Å². The van der Waals surface area contributed by atoms with Crippen molar-refractivity contribution in [3.8, 4) is 5.75 Å². The van der Waals surface area contributed by atoms with E-state index in [9.17, 15) is 9.90 Å². The number of alkyl halides is 2. The van der Waals surface area contributed by atoms with Gasteiger partial charge in [-0.15, -0.1) is 23.2 Å². The lowest BCUT2D eigenvalue weighted by Crippen LogP contribution is -2.39. The minimum atomic E-state index is -0.469. The number of rotatable bonds is 12.